The Labute approximate surface area is 123 Å². The van der Waals surface area contributed by atoms with Gasteiger partial charge in [-0.25, -0.2) is 9.18 Å². The lowest BCUT2D eigenvalue weighted by Crippen LogP contribution is -2.26. The Morgan fingerprint density at radius 3 is 2.71 bits per heavy atom. The highest BCUT2D eigenvalue weighted by Crippen LogP contribution is 2.11. The van der Waals surface area contributed by atoms with Crippen LogP contribution >= 0.6 is 11.3 Å². The number of hydrogen-bond acceptors (Lipinski definition) is 5. The van der Waals surface area contributed by atoms with Crippen molar-refractivity contribution in [2.45, 2.75) is 6.54 Å². The van der Waals surface area contributed by atoms with Gasteiger partial charge in [0, 0.05) is 0 Å². The van der Waals surface area contributed by atoms with Crippen LogP contribution in [0.4, 0.5) is 4.39 Å². The molecule has 0 bridgehead atoms. The van der Waals surface area contributed by atoms with Crippen molar-refractivity contribution in [3.8, 4) is 10.8 Å². The van der Waals surface area contributed by atoms with Crippen LogP contribution in [0.1, 0.15) is 0 Å². The number of halogens is 1. The maximum atomic E-state index is 12.7. The lowest BCUT2D eigenvalue weighted by Gasteiger charge is -2.04. The topological polar surface area (TPSA) is 61.9 Å². The summed E-state index contributed by atoms with van der Waals surface area (Å²) in [7, 11) is 0. The third kappa shape index (κ3) is 3.00. The SMILES string of the molecule is O=c1n(CCOc2ccc(F)cc2)nnn1-c1cccs1. The monoisotopic (exact) mass is 306 g/mol. The highest BCUT2D eigenvalue weighted by atomic mass is 32.1. The van der Waals surface area contributed by atoms with Crippen molar-refractivity contribution >= 4 is 11.3 Å². The van der Waals surface area contributed by atoms with Crippen molar-refractivity contribution in [2.75, 3.05) is 6.61 Å². The van der Waals surface area contributed by atoms with Gasteiger partial charge in [-0.1, -0.05) is 0 Å². The van der Waals surface area contributed by atoms with E-state index in [9.17, 15) is 9.18 Å². The average Bonchev–Trinajstić information content (AvgIpc) is 3.12. The van der Waals surface area contributed by atoms with Crippen LogP contribution in [0.15, 0.2) is 46.6 Å². The molecule has 0 saturated heterocycles. The molecule has 3 aromatic rings. The number of thiophene rings is 1. The van der Waals surface area contributed by atoms with E-state index in [2.05, 4.69) is 10.4 Å². The van der Waals surface area contributed by atoms with E-state index in [-0.39, 0.29) is 24.7 Å². The van der Waals surface area contributed by atoms with Gasteiger partial charge in [-0.15, -0.1) is 11.3 Å². The van der Waals surface area contributed by atoms with Crippen molar-refractivity contribution in [1.82, 2.24) is 19.8 Å². The fraction of sp³-hybridized carbons (Fsp3) is 0.154. The summed E-state index contributed by atoms with van der Waals surface area (Å²) in [5, 5.41) is 10.2. The van der Waals surface area contributed by atoms with E-state index in [0.29, 0.717) is 10.8 Å². The molecule has 0 aliphatic carbocycles. The second kappa shape index (κ2) is 5.88. The Balaban J connectivity index is 1.64. The molecule has 0 saturated carbocycles. The van der Waals surface area contributed by atoms with Crippen LogP contribution in [-0.4, -0.2) is 26.4 Å². The van der Waals surface area contributed by atoms with Crippen LogP contribution in [0.3, 0.4) is 0 Å². The van der Waals surface area contributed by atoms with Gasteiger partial charge in [-0.05, 0) is 52.2 Å². The quantitative estimate of drug-likeness (QED) is 0.720. The zero-order valence-corrected chi connectivity index (χ0v) is 11.7. The highest BCUT2D eigenvalue weighted by molar-refractivity contribution is 7.12. The minimum atomic E-state index is -0.322. The van der Waals surface area contributed by atoms with E-state index in [1.165, 1.54) is 45.0 Å². The van der Waals surface area contributed by atoms with Crippen molar-refractivity contribution in [2.24, 2.45) is 0 Å². The lowest BCUT2D eigenvalue weighted by atomic mass is 10.3. The fourth-order valence-corrected chi connectivity index (χ4v) is 2.39. The molecule has 2 aromatic heterocycles. The van der Waals surface area contributed by atoms with Gasteiger partial charge in [0.1, 0.15) is 23.2 Å². The second-order valence-corrected chi connectivity index (χ2v) is 5.08. The Morgan fingerprint density at radius 2 is 2.00 bits per heavy atom. The first-order chi connectivity index (χ1) is 10.2. The minimum absolute atomic E-state index is 0.245. The second-order valence-electron chi connectivity index (χ2n) is 4.15. The molecule has 0 unspecified atom stereocenters. The predicted molar refractivity (Wildman–Crippen MR) is 75.4 cm³/mol. The van der Waals surface area contributed by atoms with Gasteiger partial charge in [0.25, 0.3) is 0 Å². The van der Waals surface area contributed by atoms with Crippen LogP contribution in [0, 0.1) is 5.82 Å². The summed E-state index contributed by atoms with van der Waals surface area (Å²) >= 11 is 1.41. The molecule has 108 valence electrons. The molecule has 21 heavy (non-hydrogen) atoms. The van der Waals surface area contributed by atoms with Crippen molar-refractivity contribution < 1.29 is 9.13 Å². The molecule has 0 fully saturated rings. The van der Waals surface area contributed by atoms with Crippen molar-refractivity contribution in [3.05, 3.63) is 58.1 Å². The molecule has 0 amide bonds. The number of tetrazole rings is 1. The maximum Gasteiger partial charge on any atom is 0.369 e. The van der Waals surface area contributed by atoms with E-state index in [0.717, 1.165) is 0 Å². The Kier molecular flexibility index (Phi) is 3.78. The van der Waals surface area contributed by atoms with Gasteiger partial charge < -0.3 is 4.74 Å². The third-order valence-corrected chi connectivity index (χ3v) is 3.58. The number of hydrogen-bond donors (Lipinski definition) is 0. The molecule has 2 heterocycles. The number of aromatic nitrogens is 4. The summed E-state index contributed by atoms with van der Waals surface area (Å²) < 4.78 is 20.6. The van der Waals surface area contributed by atoms with Gasteiger partial charge >= 0.3 is 5.69 Å². The van der Waals surface area contributed by atoms with Crippen LogP contribution in [0.5, 0.6) is 5.75 Å². The third-order valence-electron chi connectivity index (χ3n) is 2.74. The molecular weight excluding hydrogens is 295 g/mol. The zero-order chi connectivity index (χ0) is 14.7. The van der Waals surface area contributed by atoms with Crippen LogP contribution in [-0.2, 0) is 6.54 Å². The van der Waals surface area contributed by atoms with Crippen LogP contribution in [0.2, 0.25) is 0 Å². The summed E-state index contributed by atoms with van der Waals surface area (Å²) in [6, 6.07) is 9.31. The van der Waals surface area contributed by atoms with Crippen LogP contribution in [0.25, 0.3) is 5.00 Å². The molecule has 3 rings (SSSR count). The van der Waals surface area contributed by atoms with E-state index in [1.54, 1.807) is 6.07 Å². The first-order valence-corrected chi connectivity index (χ1v) is 7.07. The summed E-state index contributed by atoms with van der Waals surface area (Å²) in [4.78, 5) is 12.1. The molecule has 6 nitrogen and oxygen atoms in total. The molecule has 0 aliphatic heterocycles. The van der Waals surface area contributed by atoms with Gasteiger partial charge in [0.05, 0.1) is 6.54 Å². The first kappa shape index (κ1) is 13.5. The van der Waals surface area contributed by atoms with Gasteiger partial charge in [-0.2, -0.15) is 9.36 Å². The zero-order valence-electron chi connectivity index (χ0n) is 10.8. The molecule has 1 aromatic carbocycles. The largest absolute Gasteiger partial charge is 0.492 e. The van der Waals surface area contributed by atoms with E-state index >= 15 is 0 Å². The highest BCUT2D eigenvalue weighted by Gasteiger charge is 2.09. The molecule has 0 radical (unpaired) electrons. The summed E-state index contributed by atoms with van der Waals surface area (Å²) in [6.45, 7) is 0.510. The Hall–Kier alpha value is -2.48. The van der Waals surface area contributed by atoms with Gasteiger partial charge in [0.2, 0.25) is 0 Å². The number of ether oxygens (including phenoxy) is 1. The summed E-state index contributed by atoms with van der Waals surface area (Å²) in [6.07, 6.45) is 0. The predicted octanol–water partition coefficient (Wildman–Crippen LogP) is 1.71. The minimum Gasteiger partial charge on any atom is -0.492 e. The average molecular weight is 306 g/mol. The Bertz CT molecular complexity index is 764. The number of benzene rings is 1. The smallest absolute Gasteiger partial charge is 0.369 e. The van der Waals surface area contributed by atoms with E-state index in [1.807, 2.05) is 11.4 Å². The Morgan fingerprint density at radius 1 is 1.19 bits per heavy atom. The first-order valence-electron chi connectivity index (χ1n) is 6.19. The van der Waals surface area contributed by atoms with E-state index < -0.39 is 0 Å². The summed E-state index contributed by atoms with van der Waals surface area (Å²) in [5.74, 6) is 0.215. The summed E-state index contributed by atoms with van der Waals surface area (Å²) in [5.41, 5.74) is -0.319. The normalized spacial score (nSPS) is 10.7. The molecule has 0 aliphatic rings. The number of rotatable bonds is 5. The lowest BCUT2D eigenvalue weighted by molar-refractivity contribution is 0.287. The molecule has 0 atom stereocenters. The molecular formula is C13H11FN4O2S. The van der Waals surface area contributed by atoms with Crippen molar-refractivity contribution in [1.29, 1.82) is 0 Å². The number of nitrogens with zero attached hydrogens (tertiary/aromatic N) is 4. The van der Waals surface area contributed by atoms with Gasteiger partial charge in [0.15, 0.2) is 0 Å². The van der Waals surface area contributed by atoms with E-state index in [4.69, 9.17) is 4.74 Å². The molecule has 0 spiro atoms. The van der Waals surface area contributed by atoms with Crippen molar-refractivity contribution in [3.63, 3.8) is 0 Å². The molecule has 8 heteroatoms. The standard InChI is InChI=1S/C13H11FN4O2S/c14-10-3-5-11(6-4-10)20-8-7-17-13(19)18(16-15-17)12-2-1-9-21-12/h1-6,9H,7-8H2. The fourth-order valence-electron chi connectivity index (χ4n) is 1.72. The van der Waals surface area contributed by atoms with Gasteiger partial charge in [-0.3, -0.25) is 0 Å². The van der Waals surface area contributed by atoms with Crippen LogP contribution < -0.4 is 10.4 Å². The molecule has 0 N–H and O–H groups in total. The maximum absolute atomic E-state index is 12.7.